The highest BCUT2D eigenvalue weighted by atomic mass is 16.2. The van der Waals surface area contributed by atoms with Crippen LogP contribution in [-0.2, 0) is 11.3 Å². The Labute approximate surface area is 136 Å². The van der Waals surface area contributed by atoms with Gasteiger partial charge in [0.15, 0.2) is 0 Å². The number of para-hydroxylation sites is 1. The van der Waals surface area contributed by atoms with Crippen molar-refractivity contribution in [2.45, 2.75) is 19.4 Å². The van der Waals surface area contributed by atoms with Crippen LogP contribution in [0.15, 0.2) is 60.2 Å². The van der Waals surface area contributed by atoms with Crippen LogP contribution in [0.4, 0.5) is 5.69 Å². The van der Waals surface area contributed by atoms with Gasteiger partial charge in [-0.25, -0.2) is 0 Å². The molecule has 1 amide bonds. The predicted molar refractivity (Wildman–Crippen MR) is 92.9 cm³/mol. The summed E-state index contributed by atoms with van der Waals surface area (Å²) in [5.74, 6) is 0.0673. The minimum atomic E-state index is 0.0673. The second-order valence-corrected chi connectivity index (χ2v) is 6.24. The molecule has 3 nitrogen and oxygen atoms in total. The molecule has 0 spiro atoms. The van der Waals surface area contributed by atoms with Crippen LogP contribution >= 0.6 is 0 Å². The van der Waals surface area contributed by atoms with E-state index in [9.17, 15) is 4.79 Å². The lowest BCUT2D eigenvalue weighted by molar-refractivity contribution is -0.110. The molecular formula is C20H20N2O. The number of amides is 1. The smallest absolute Gasteiger partial charge is 0.256 e. The van der Waals surface area contributed by atoms with E-state index in [0.29, 0.717) is 0 Å². The number of hydrogen-bond acceptors (Lipinski definition) is 2. The van der Waals surface area contributed by atoms with Gasteiger partial charge in [0.1, 0.15) is 0 Å². The lowest BCUT2D eigenvalue weighted by Crippen LogP contribution is -2.30. The number of piperidine rings is 1. The largest absolute Gasteiger partial charge is 0.321 e. The zero-order valence-electron chi connectivity index (χ0n) is 13.1. The molecule has 3 heteroatoms. The Bertz CT molecular complexity index is 754. The van der Waals surface area contributed by atoms with Crippen LogP contribution in [-0.4, -0.2) is 23.9 Å². The van der Waals surface area contributed by atoms with Crippen molar-refractivity contribution < 1.29 is 4.79 Å². The fourth-order valence-corrected chi connectivity index (χ4v) is 3.54. The van der Waals surface area contributed by atoms with Gasteiger partial charge in [0, 0.05) is 36.5 Å². The standard InChI is InChI=1S/C20H20N2O/c23-20-19(17-8-4-5-9-18(17)21-20)16-10-12-22(13-11-16)14-15-6-2-1-3-7-15/h1-9H,10-14H2,(H,21,23). The van der Waals surface area contributed by atoms with E-state index >= 15 is 0 Å². The second kappa shape index (κ2) is 6.01. The molecular weight excluding hydrogens is 284 g/mol. The summed E-state index contributed by atoms with van der Waals surface area (Å²) >= 11 is 0. The number of rotatable bonds is 2. The van der Waals surface area contributed by atoms with Crippen molar-refractivity contribution >= 4 is 17.2 Å². The summed E-state index contributed by atoms with van der Waals surface area (Å²) in [4.78, 5) is 14.8. The Morgan fingerprint density at radius 2 is 1.61 bits per heavy atom. The highest BCUT2D eigenvalue weighted by molar-refractivity contribution is 6.32. The number of likely N-dealkylation sites (tertiary alicyclic amines) is 1. The first-order valence-electron chi connectivity index (χ1n) is 8.20. The van der Waals surface area contributed by atoms with Gasteiger partial charge in [-0.15, -0.1) is 0 Å². The molecule has 4 rings (SSSR count). The van der Waals surface area contributed by atoms with Crippen LogP contribution in [0.3, 0.4) is 0 Å². The van der Waals surface area contributed by atoms with Gasteiger partial charge in [0.25, 0.3) is 5.91 Å². The van der Waals surface area contributed by atoms with E-state index in [2.05, 4.69) is 40.5 Å². The summed E-state index contributed by atoms with van der Waals surface area (Å²) in [6.45, 7) is 3.03. The number of benzene rings is 2. The van der Waals surface area contributed by atoms with Crippen LogP contribution in [0.25, 0.3) is 5.57 Å². The van der Waals surface area contributed by atoms with Crippen LogP contribution in [0.5, 0.6) is 0 Å². The summed E-state index contributed by atoms with van der Waals surface area (Å²) in [5, 5.41) is 2.99. The van der Waals surface area contributed by atoms with Gasteiger partial charge in [-0.2, -0.15) is 0 Å². The summed E-state index contributed by atoms with van der Waals surface area (Å²) in [6.07, 6.45) is 1.95. The lowest BCUT2D eigenvalue weighted by Gasteiger charge is -2.29. The van der Waals surface area contributed by atoms with E-state index in [4.69, 9.17) is 0 Å². The van der Waals surface area contributed by atoms with Crippen molar-refractivity contribution in [3.05, 3.63) is 71.3 Å². The Morgan fingerprint density at radius 3 is 2.39 bits per heavy atom. The van der Waals surface area contributed by atoms with Crippen LogP contribution in [0.2, 0.25) is 0 Å². The number of hydrogen-bond donors (Lipinski definition) is 1. The molecule has 2 aliphatic rings. The van der Waals surface area contributed by atoms with Crippen molar-refractivity contribution in [3.8, 4) is 0 Å². The molecule has 2 heterocycles. The number of nitrogens with zero attached hydrogens (tertiary/aromatic N) is 1. The van der Waals surface area contributed by atoms with Gasteiger partial charge in [-0.05, 0) is 24.5 Å². The maximum absolute atomic E-state index is 12.3. The summed E-state index contributed by atoms with van der Waals surface area (Å²) in [7, 11) is 0. The van der Waals surface area contributed by atoms with Gasteiger partial charge in [0.2, 0.25) is 0 Å². The molecule has 0 radical (unpaired) electrons. The fraction of sp³-hybridized carbons (Fsp3) is 0.250. The Hall–Kier alpha value is -2.39. The van der Waals surface area contributed by atoms with Crippen molar-refractivity contribution in [3.63, 3.8) is 0 Å². The molecule has 2 aliphatic heterocycles. The molecule has 0 saturated carbocycles. The van der Waals surface area contributed by atoms with E-state index in [1.54, 1.807) is 0 Å². The average Bonchev–Trinajstić information content (AvgIpc) is 2.92. The summed E-state index contributed by atoms with van der Waals surface area (Å²) in [6, 6.07) is 18.6. The first-order valence-corrected chi connectivity index (χ1v) is 8.20. The topological polar surface area (TPSA) is 32.3 Å². The van der Waals surface area contributed by atoms with E-state index in [-0.39, 0.29) is 5.91 Å². The highest BCUT2D eigenvalue weighted by Gasteiger charge is 2.28. The quantitative estimate of drug-likeness (QED) is 0.858. The van der Waals surface area contributed by atoms with Crippen molar-refractivity contribution in [1.82, 2.24) is 4.90 Å². The predicted octanol–water partition coefficient (Wildman–Crippen LogP) is 3.69. The third kappa shape index (κ3) is 2.80. The molecule has 0 unspecified atom stereocenters. The Morgan fingerprint density at radius 1 is 0.913 bits per heavy atom. The minimum absolute atomic E-state index is 0.0673. The lowest BCUT2D eigenvalue weighted by atomic mass is 9.93. The highest BCUT2D eigenvalue weighted by Crippen LogP contribution is 2.36. The number of carbonyl (C=O) groups excluding carboxylic acids is 1. The number of carbonyl (C=O) groups is 1. The molecule has 1 N–H and O–H groups in total. The first kappa shape index (κ1) is 14.2. The third-order valence-electron chi connectivity index (χ3n) is 4.73. The maximum Gasteiger partial charge on any atom is 0.256 e. The van der Waals surface area contributed by atoms with E-state index in [1.807, 2.05) is 24.3 Å². The van der Waals surface area contributed by atoms with E-state index < -0.39 is 0 Å². The zero-order valence-corrected chi connectivity index (χ0v) is 13.1. The number of nitrogens with one attached hydrogen (secondary N) is 1. The van der Waals surface area contributed by atoms with E-state index in [1.165, 1.54) is 11.1 Å². The third-order valence-corrected chi connectivity index (χ3v) is 4.73. The molecule has 116 valence electrons. The summed E-state index contributed by atoms with van der Waals surface area (Å²) in [5.41, 5.74) is 5.60. The van der Waals surface area contributed by atoms with Gasteiger partial charge >= 0.3 is 0 Å². The molecule has 0 bridgehead atoms. The molecule has 1 fully saturated rings. The van der Waals surface area contributed by atoms with Gasteiger partial charge in [0.05, 0.1) is 0 Å². The van der Waals surface area contributed by atoms with Gasteiger partial charge in [-0.3, -0.25) is 9.69 Å². The Balaban J connectivity index is 1.50. The second-order valence-electron chi connectivity index (χ2n) is 6.24. The molecule has 0 atom stereocenters. The molecule has 23 heavy (non-hydrogen) atoms. The molecule has 2 aromatic rings. The maximum atomic E-state index is 12.3. The monoisotopic (exact) mass is 304 g/mol. The molecule has 0 aliphatic carbocycles. The molecule has 1 saturated heterocycles. The van der Waals surface area contributed by atoms with Gasteiger partial charge in [-0.1, -0.05) is 54.1 Å². The van der Waals surface area contributed by atoms with Crippen LogP contribution < -0.4 is 5.32 Å². The zero-order chi connectivity index (χ0) is 15.6. The summed E-state index contributed by atoms with van der Waals surface area (Å²) < 4.78 is 0. The van der Waals surface area contributed by atoms with Crippen LogP contribution in [0.1, 0.15) is 24.0 Å². The Kier molecular flexibility index (Phi) is 3.72. The number of fused-ring (bicyclic) bond motifs is 1. The van der Waals surface area contributed by atoms with E-state index in [0.717, 1.165) is 49.3 Å². The molecule has 0 aromatic heterocycles. The normalized spacial score (nSPS) is 18.0. The molecule has 2 aromatic carbocycles. The van der Waals surface area contributed by atoms with Crippen molar-refractivity contribution in [2.24, 2.45) is 0 Å². The van der Waals surface area contributed by atoms with Gasteiger partial charge < -0.3 is 5.32 Å². The minimum Gasteiger partial charge on any atom is -0.321 e. The van der Waals surface area contributed by atoms with Crippen molar-refractivity contribution in [1.29, 1.82) is 0 Å². The number of anilines is 1. The average molecular weight is 304 g/mol. The van der Waals surface area contributed by atoms with Crippen molar-refractivity contribution in [2.75, 3.05) is 18.4 Å². The van der Waals surface area contributed by atoms with Crippen LogP contribution in [0, 0.1) is 0 Å². The SMILES string of the molecule is O=C1Nc2ccccc2C1=C1CCN(Cc2ccccc2)CC1. The fourth-order valence-electron chi connectivity index (χ4n) is 3.54. The first-order chi connectivity index (χ1) is 11.3.